The van der Waals surface area contributed by atoms with Gasteiger partial charge in [0.05, 0.1) is 12.7 Å². The van der Waals surface area contributed by atoms with Gasteiger partial charge in [0.25, 0.3) is 0 Å². The Kier molecular flexibility index (Phi) is 4.22. The standard InChI is InChI=1S/C16H23N5/c1-19-6-8-20(9-7-19)10-11-21-13-14(12-18-21)15-4-2-3-5-16(15)17/h2-5,12-13H,6-11,17H2,1H3. The van der Waals surface area contributed by atoms with Gasteiger partial charge in [-0.25, -0.2) is 0 Å². The fraction of sp³-hybridized carbons (Fsp3) is 0.438. The summed E-state index contributed by atoms with van der Waals surface area (Å²) in [6, 6.07) is 7.93. The van der Waals surface area contributed by atoms with E-state index in [0.717, 1.165) is 56.1 Å². The number of hydrogen-bond acceptors (Lipinski definition) is 4. The number of anilines is 1. The van der Waals surface area contributed by atoms with E-state index >= 15 is 0 Å². The molecule has 0 aliphatic carbocycles. The highest BCUT2D eigenvalue weighted by molar-refractivity contribution is 5.75. The van der Waals surface area contributed by atoms with Gasteiger partial charge in [0.15, 0.2) is 0 Å². The third-order valence-corrected chi connectivity index (χ3v) is 4.15. The molecule has 1 aromatic heterocycles. The Labute approximate surface area is 126 Å². The van der Waals surface area contributed by atoms with Gasteiger partial charge >= 0.3 is 0 Å². The minimum absolute atomic E-state index is 0.802. The molecule has 0 amide bonds. The Hall–Kier alpha value is -1.85. The van der Waals surface area contributed by atoms with Crippen molar-refractivity contribution in [2.75, 3.05) is 45.5 Å². The SMILES string of the molecule is CN1CCN(CCn2cc(-c3ccccc3N)cn2)CC1. The number of nitrogens with two attached hydrogens (primary N) is 1. The zero-order valence-electron chi connectivity index (χ0n) is 12.6. The molecule has 0 saturated carbocycles. The monoisotopic (exact) mass is 285 g/mol. The van der Waals surface area contributed by atoms with E-state index in [0.29, 0.717) is 0 Å². The maximum absolute atomic E-state index is 6.02. The molecule has 2 aromatic rings. The molecule has 0 unspecified atom stereocenters. The van der Waals surface area contributed by atoms with Crippen LogP contribution in [-0.4, -0.2) is 59.4 Å². The Morgan fingerprint density at radius 2 is 1.86 bits per heavy atom. The summed E-state index contributed by atoms with van der Waals surface area (Å²) in [5.74, 6) is 0. The Bertz CT molecular complexity index is 584. The first-order valence-corrected chi connectivity index (χ1v) is 7.50. The summed E-state index contributed by atoms with van der Waals surface area (Å²) >= 11 is 0. The largest absolute Gasteiger partial charge is 0.398 e. The lowest BCUT2D eigenvalue weighted by Gasteiger charge is -2.32. The van der Waals surface area contributed by atoms with E-state index in [9.17, 15) is 0 Å². The van der Waals surface area contributed by atoms with Crippen molar-refractivity contribution in [3.63, 3.8) is 0 Å². The topological polar surface area (TPSA) is 50.3 Å². The van der Waals surface area contributed by atoms with E-state index in [2.05, 4.69) is 28.1 Å². The number of nitrogen functional groups attached to an aromatic ring is 1. The van der Waals surface area contributed by atoms with Crippen LogP contribution in [0.1, 0.15) is 0 Å². The summed E-state index contributed by atoms with van der Waals surface area (Å²) < 4.78 is 2.01. The number of nitrogens with zero attached hydrogens (tertiary/aromatic N) is 4. The molecule has 112 valence electrons. The average molecular weight is 285 g/mol. The van der Waals surface area contributed by atoms with Crippen LogP contribution in [0.3, 0.4) is 0 Å². The second kappa shape index (κ2) is 6.28. The van der Waals surface area contributed by atoms with Crippen molar-refractivity contribution in [3.8, 4) is 11.1 Å². The zero-order valence-corrected chi connectivity index (χ0v) is 12.6. The molecule has 5 heteroatoms. The molecule has 1 aromatic carbocycles. The molecule has 0 spiro atoms. The predicted molar refractivity (Wildman–Crippen MR) is 86.0 cm³/mol. The molecule has 21 heavy (non-hydrogen) atoms. The van der Waals surface area contributed by atoms with E-state index in [1.807, 2.05) is 35.1 Å². The van der Waals surface area contributed by atoms with Gasteiger partial charge < -0.3 is 10.6 Å². The molecule has 2 heterocycles. The Morgan fingerprint density at radius 3 is 2.62 bits per heavy atom. The smallest absolute Gasteiger partial charge is 0.0569 e. The number of piperazine rings is 1. The van der Waals surface area contributed by atoms with Crippen LogP contribution >= 0.6 is 0 Å². The first kappa shape index (κ1) is 14.1. The van der Waals surface area contributed by atoms with Crippen molar-refractivity contribution in [1.29, 1.82) is 0 Å². The minimum atomic E-state index is 0.802. The number of rotatable bonds is 4. The van der Waals surface area contributed by atoms with Gasteiger partial charge in [-0.1, -0.05) is 18.2 Å². The van der Waals surface area contributed by atoms with Crippen LogP contribution in [0.15, 0.2) is 36.7 Å². The van der Waals surface area contributed by atoms with Crippen molar-refractivity contribution < 1.29 is 0 Å². The average Bonchev–Trinajstić information content (AvgIpc) is 2.96. The highest BCUT2D eigenvalue weighted by Gasteiger charge is 2.13. The number of likely N-dealkylation sites (N-methyl/N-ethyl adjacent to an activating group) is 1. The quantitative estimate of drug-likeness (QED) is 0.862. The second-order valence-corrected chi connectivity index (χ2v) is 5.72. The molecule has 1 saturated heterocycles. The van der Waals surface area contributed by atoms with Gasteiger partial charge in [0.2, 0.25) is 0 Å². The molecular weight excluding hydrogens is 262 g/mol. The van der Waals surface area contributed by atoms with E-state index in [-0.39, 0.29) is 0 Å². The summed E-state index contributed by atoms with van der Waals surface area (Å²) in [5.41, 5.74) is 8.97. The second-order valence-electron chi connectivity index (χ2n) is 5.72. The summed E-state index contributed by atoms with van der Waals surface area (Å²) in [5, 5.41) is 4.46. The van der Waals surface area contributed by atoms with Crippen molar-refractivity contribution in [2.24, 2.45) is 0 Å². The van der Waals surface area contributed by atoms with Crippen LogP contribution in [0, 0.1) is 0 Å². The third kappa shape index (κ3) is 3.43. The Morgan fingerprint density at radius 1 is 1.10 bits per heavy atom. The molecule has 2 N–H and O–H groups in total. The normalized spacial score (nSPS) is 17.2. The van der Waals surface area contributed by atoms with Crippen molar-refractivity contribution in [1.82, 2.24) is 19.6 Å². The molecule has 1 aliphatic rings. The van der Waals surface area contributed by atoms with Gasteiger partial charge in [-0.05, 0) is 13.1 Å². The van der Waals surface area contributed by atoms with E-state index in [4.69, 9.17) is 5.73 Å². The fourth-order valence-electron chi connectivity index (χ4n) is 2.70. The Balaban J connectivity index is 1.59. The number of hydrogen-bond donors (Lipinski definition) is 1. The van der Waals surface area contributed by atoms with Crippen LogP contribution in [0.5, 0.6) is 0 Å². The molecule has 0 atom stereocenters. The molecule has 1 fully saturated rings. The predicted octanol–water partition coefficient (Wildman–Crippen LogP) is 1.38. The highest BCUT2D eigenvalue weighted by atomic mass is 15.3. The first-order chi connectivity index (χ1) is 10.2. The van der Waals surface area contributed by atoms with Crippen LogP contribution in [-0.2, 0) is 6.54 Å². The minimum Gasteiger partial charge on any atom is -0.398 e. The summed E-state index contributed by atoms with van der Waals surface area (Å²) in [6.45, 7) is 6.60. The van der Waals surface area contributed by atoms with E-state index in [1.54, 1.807) is 0 Å². The lowest BCUT2D eigenvalue weighted by molar-refractivity contribution is 0.149. The van der Waals surface area contributed by atoms with Crippen LogP contribution in [0.25, 0.3) is 11.1 Å². The molecule has 0 bridgehead atoms. The van der Waals surface area contributed by atoms with E-state index < -0.39 is 0 Å². The van der Waals surface area contributed by atoms with Gasteiger partial charge in [0.1, 0.15) is 0 Å². The maximum Gasteiger partial charge on any atom is 0.0569 e. The first-order valence-electron chi connectivity index (χ1n) is 7.50. The highest BCUT2D eigenvalue weighted by Crippen LogP contribution is 2.24. The molecular formula is C16H23N5. The van der Waals surface area contributed by atoms with Crippen LogP contribution in [0.4, 0.5) is 5.69 Å². The maximum atomic E-state index is 6.02. The lowest BCUT2D eigenvalue weighted by Crippen LogP contribution is -2.45. The van der Waals surface area contributed by atoms with Gasteiger partial charge in [-0.2, -0.15) is 5.10 Å². The molecule has 3 rings (SSSR count). The number of para-hydroxylation sites is 1. The fourth-order valence-corrected chi connectivity index (χ4v) is 2.70. The molecule has 1 aliphatic heterocycles. The lowest BCUT2D eigenvalue weighted by atomic mass is 10.1. The number of aromatic nitrogens is 2. The van der Waals surface area contributed by atoms with Crippen molar-refractivity contribution in [3.05, 3.63) is 36.7 Å². The van der Waals surface area contributed by atoms with E-state index in [1.165, 1.54) is 0 Å². The molecule has 5 nitrogen and oxygen atoms in total. The van der Waals surface area contributed by atoms with Crippen LogP contribution < -0.4 is 5.73 Å². The third-order valence-electron chi connectivity index (χ3n) is 4.15. The van der Waals surface area contributed by atoms with Gasteiger partial charge in [-0.3, -0.25) is 9.58 Å². The van der Waals surface area contributed by atoms with Crippen molar-refractivity contribution in [2.45, 2.75) is 6.54 Å². The zero-order chi connectivity index (χ0) is 14.7. The van der Waals surface area contributed by atoms with Crippen LogP contribution in [0.2, 0.25) is 0 Å². The van der Waals surface area contributed by atoms with Crippen molar-refractivity contribution >= 4 is 5.69 Å². The summed E-state index contributed by atoms with van der Waals surface area (Å²) in [6.07, 6.45) is 3.98. The van der Waals surface area contributed by atoms with Gasteiger partial charge in [-0.15, -0.1) is 0 Å². The number of benzene rings is 1. The summed E-state index contributed by atoms with van der Waals surface area (Å²) in [4.78, 5) is 4.87. The molecule has 0 radical (unpaired) electrons. The summed E-state index contributed by atoms with van der Waals surface area (Å²) in [7, 11) is 2.18. The van der Waals surface area contributed by atoms with Gasteiger partial charge in [0, 0.05) is 55.7 Å².